The quantitative estimate of drug-likeness (QED) is 0.462. The largest absolute Gasteiger partial charge is 0.481 e. The van der Waals surface area contributed by atoms with E-state index < -0.39 is 11.4 Å². The highest BCUT2D eigenvalue weighted by Gasteiger charge is 2.44. The van der Waals surface area contributed by atoms with Gasteiger partial charge in [-0.3, -0.25) is 9.59 Å². The average molecular weight is 272 g/mol. The minimum Gasteiger partial charge on any atom is -0.481 e. The van der Waals surface area contributed by atoms with Crippen LogP contribution in [0, 0.1) is 5.41 Å². The molecule has 0 saturated heterocycles. The average Bonchev–Trinajstić information content (AvgIpc) is 3.08. The zero-order valence-corrected chi connectivity index (χ0v) is 11.8. The van der Waals surface area contributed by atoms with Crippen LogP contribution in [0.25, 0.3) is 0 Å². The zero-order valence-electron chi connectivity index (χ0n) is 11.8. The predicted octanol–water partition coefficient (Wildman–Crippen LogP) is 2.38. The van der Waals surface area contributed by atoms with Crippen LogP contribution in [0.5, 0.6) is 0 Å². The van der Waals surface area contributed by atoms with E-state index in [1.54, 1.807) is 13.8 Å². The van der Waals surface area contributed by atoms with Crippen molar-refractivity contribution >= 4 is 12.4 Å². The molecule has 1 N–H and O–H groups in total. The fourth-order valence-electron chi connectivity index (χ4n) is 1.86. The Kier molecular flexibility index (Phi) is 5.79. The van der Waals surface area contributed by atoms with Crippen molar-refractivity contribution in [3.05, 3.63) is 0 Å². The summed E-state index contributed by atoms with van der Waals surface area (Å²) in [6, 6.07) is 0. The number of unbranched alkanes of at least 4 members (excludes halogenated alkanes) is 1. The van der Waals surface area contributed by atoms with Crippen LogP contribution >= 0.6 is 0 Å². The highest BCUT2D eigenvalue weighted by atomic mass is 16.5. The van der Waals surface area contributed by atoms with Gasteiger partial charge >= 0.3 is 5.97 Å². The molecule has 0 bridgehead atoms. The molecule has 1 fully saturated rings. The Labute approximate surface area is 114 Å². The van der Waals surface area contributed by atoms with E-state index in [0.717, 1.165) is 32.1 Å². The second kappa shape index (κ2) is 6.89. The molecular weight excluding hydrogens is 248 g/mol. The summed E-state index contributed by atoms with van der Waals surface area (Å²) in [6.45, 7) is 5.04. The minimum atomic E-state index is -0.794. The first-order chi connectivity index (χ1) is 8.92. The van der Waals surface area contributed by atoms with Crippen LogP contribution in [0.15, 0.2) is 0 Å². The molecule has 1 saturated carbocycles. The van der Waals surface area contributed by atoms with Gasteiger partial charge in [0.15, 0.2) is 0 Å². The monoisotopic (exact) mass is 272 g/mol. The van der Waals surface area contributed by atoms with Crippen molar-refractivity contribution in [2.45, 2.75) is 58.0 Å². The summed E-state index contributed by atoms with van der Waals surface area (Å²) in [5, 5.41) is 8.93. The number of carboxylic acids is 1. The molecule has 0 aliphatic heterocycles. The second-order valence-electron chi connectivity index (χ2n) is 5.91. The third-order valence-corrected chi connectivity index (χ3v) is 3.73. The fraction of sp³-hybridized carbons (Fsp3) is 0.857. The van der Waals surface area contributed by atoms with Gasteiger partial charge in [0.05, 0.1) is 5.41 Å². The van der Waals surface area contributed by atoms with Crippen LogP contribution in [0.2, 0.25) is 0 Å². The van der Waals surface area contributed by atoms with E-state index in [-0.39, 0.29) is 5.60 Å². The fourth-order valence-corrected chi connectivity index (χ4v) is 1.86. The normalized spacial score (nSPS) is 16.9. The number of ether oxygens (including phenoxy) is 2. The highest BCUT2D eigenvalue weighted by molar-refractivity contribution is 5.73. The Hall–Kier alpha value is -1.10. The van der Waals surface area contributed by atoms with Gasteiger partial charge in [0.2, 0.25) is 0 Å². The van der Waals surface area contributed by atoms with Crippen LogP contribution in [-0.2, 0) is 19.1 Å². The van der Waals surface area contributed by atoms with Crippen molar-refractivity contribution in [3.63, 3.8) is 0 Å². The molecule has 0 aromatic heterocycles. The Morgan fingerprint density at radius 1 is 1.32 bits per heavy atom. The standard InChI is InChI=1S/C14H24O5/c1-13(2,12(16)17)8-10-18-9-4-3-5-14(6-7-14)19-11-15/h11H,3-10H2,1-2H3,(H,16,17). The Morgan fingerprint density at radius 2 is 2.00 bits per heavy atom. The van der Waals surface area contributed by atoms with Gasteiger partial charge in [-0.1, -0.05) is 0 Å². The number of carbonyl (C=O) groups excluding carboxylic acids is 1. The summed E-state index contributed by atoms with van der Waals surface area (Å²) >= 11 is 0. The van der Waals surface area contributed by atoms with Gasteiger partial charge in [0.25, 0.3) is 6.47 Å². The maximum Gasteiger partial charge on any atom is 0.309 e. The second-order valence-corrected chi connectivity index (χ2v) is 5.91. The van der Waals surface area contributed by atoms with Gasteiger partial charge in [0.1, 0.15) is 5.60 Å². The summed E-state index contributed by atoms with van der Waals surface area (Å²) in [5.74, 6) is -0.794. The number of rotatable bonds is 11. The van der Waals surface area contributed by atoms with Gasteiger partial charge in [-0.2, -0.15) is 0 Å². The molecule has 0 unspecified atom stereocenters. The molecule has 1 rings (SSSR count). The summed E-state index contributed by atoms with van der Waals surface area (Å²) in [6.07, 6.45) is 5.24. The van der Waals surface area contributed by atoms with E-state index in [1.165, 1.54) is 0 Å². The molecule has 0 spiro atoms. The highest BCUT2D eigenvalue weighted by Crippen LogP contribution is 2.43. The third-order valence-electron chi connectivity index (χ3n) is 3.73. The van der Waals surface area contributed by atoms with E-state index in [9.17, 15) is 9.59 Å². The molecule has 5 nitrogen and oxygen atoms in total. The van der Waals surface area contributed by atoms with Crippen LogP contribution < -0.4 is 0 Å². The first-order valence-electron chi connectivity index (χ1n) is 6.84. The van der Waals surface area contributed by atoms with Crippen molar-refractivity contribution in [1.82, 2.24) is 0 Å². The van der Waals surface area contributed by atoms with Crippen LogP contribution in [0.4, 0.5) is 0 Å². The molecule has 0 atom stereocenters. The van der Waals surface area contributed by atoms with Gasteiger partial charge in [0, 0.05) is 13.2 Å². The number of carbonyl (C=O) groups is 2. The molecule has 5 heteroatoms. The van der Waals surface area contributed by atoms with E-state index in [4.69, 9.17) is 14.6 Å². The molecule has 0 aromatic rings. The number of hydrogen-bond acceptors (Lipinski definition) is 4. The maximum absolute atomic E-state index is 10.9. The Morgan fingerprint density at radius 3 is 2.53 bits per heavy atom. The summed E-state index contributed by atoms with van der Waals surface area (Å²) < 4.78 is 10.5. The van der Waals surface area contributed by atoms with Crippen LogP contribution in [-0.4, -0.2) is 36.4 Å². The lowest BCUT2D eigenvalue weighted by Crippen LogP contribution is -2.25. The minimum absolute atomic E-state index is 0.174. The predicted molar refractivity (Wildman–Crippen MR) is 69.8 cm³/mol. The van der Waals surface area contributed by atoms with E-state index >= 15 is 0 Å². The maximum atomic E-state index is 10.9. The number of hydrogen-bond donors (Lipinski definition) is 1. The van der Waals surface area contributed by atoms with Crippen LogP contribution in [0.3, 0.4) is 0 Å². The SMILES string of the molecule is CC(C)(CCOCCCCC1(OC=O)CC1)C(=O)O. The van der Waals surface area contributed by atoms with Gasteiger partial charge in [-0.25, -0.2) is 0 Å². The molecule has 0 aromatic carbocycles. The van der Waals surface area contributed by atoms with Crippen molar-refractivity contribution in [2.75, 3.05) is 13.2 Å². The summed E-state index contributed by atoms with van der Waals surface area (Å²) in [4.78, 5) is 21.2. The molecule has 110 valence electrons. The molecule has 0 heterocycles. The zero-order chi connectivity index (χ0) is 14.4. The van der Waals surface area contributed by atoms with E-state index in [2.05, 4.69) is 0 Å². The van der Waals surface area contributed by atoms with Crippen LogP contribution in [0.1, 0.15) is 52.4 Å². The van der Waals surface area contributed by atoms with Crippen molar-refractivity contribution in [3.8, 4) is 0 Å². The van der Waals surface area contributed by atoms with E-state index in [1.807, 2.05) is 0 Å². The van der Waals surface area contributed by atoms with Crippen molar-refractivity contribution in [2.24, 2.45) is 5.41 Å². The van der Waals surface area contributed by atoms with Gasteiger partial charge in [-0.05, 0) is 52.4 Å². The molecule has 1 aliphatic rings. The smallest absolute Gasteiger partial charge is 0.309 e. The topological polar surface area (TPSA) is 72.8 Å². The Bertz CT molecular complexity index is 307. The first kappa shape index (κ1) is 16.0. The van der Waals surface area contributed by atoms with E-state index in [0.29, 0.717) is 26.1 Å². The Balaban J connectivity index is 1.97. The van der Waals surface area contributed by atoms with Crippen molar-refractivity contribution < 1.29 is 24.2 Å². The van der Waals surface area contributed by atoms with Gasteiger partial charge in [-0.15, -0.1) is 0 Å². The molecule has 1 aliphatic carbocycles. The lowest BCUT2D eigenvalue weighted by atomic mass is 9.90. The molecule has 19 heavy (non-hydrogen) atoms. The molecular formula is C14H24O5. The summed E-state index contributed by atoms with van der Waals surface area (Å²) in [5.41, 5.74) is -0.900. The molecule has 0 radical (unpaired) electrons. The number of carboxylic acid groups (broad SMARTS) is 1. The lowest BCUT2D eigenvalue weighted by Gasteiger charge is -2.18. The first-order valence-corrected chi connectivity index (χ1v) is 6.84. The third kappa shape index (κ3) is 5.59. The van der Waals surface area contributed by atoms with Crippen molar-refractivity contribution in [1.29, 1.82) is 0 Å². The number of aliphatic carboxylic acids is 1. The van der Waals surface area contributed by atoms with Gasteiger partial charge < -0.3 is 14.6 Å². The lowest BCUT2D eigenvalue weighted by molar-refractivity contribution is -0.148. The molecule has 0 amide bonds. The summed E-state index contributed by atoms with van der Waals surface area (Å²) in [7, 11) is 0.